The van der Waals surface area contributed by atoms with Gasteiger partial charge in [-0.25, -0.2) is 4.98 Å². The van der Waals surface area contributed by atoms with Gasteiger partial charge in [-0.15, -0.1) is 11.3 Å². The van der Waals surface area contributed by atoms with Crippen LogP contribution in [0.4, 0.5) is 0 Å². The molecule has 0 aliphatic rings. The van der Waals surface area contributed by atoms with E-state index in [1.807, 2.05) is 19.9 Å². The average molecular weight is 243 g/mol. The van der Waals surface area contributed by atoms with Crippen molar-refractivity contribution in [2.75, 3.05) is 5.75 Å². The van der Waals surface area contributed by atoms with Crippen LogP contribution in [0.15, 0.2) is 16.5 Å². The number of carbonyl (C=O) groups is 1. The largest absolute Gasteiger partial charge is 0.481 e. The summed E-state index contributed by atoms with van der Waals surface area (Å²) in [6, 6.07) is 0. The van der Waals surface area contributed by atoms with Crippen LogP contribution in [0.2, 0.25) is 0 Å². The minimum atomic E-state index is -0.799. The Morgan fingerprint density at radius 1 is 1.67 bits per heavy atom. The van der Waals surface area contributed by atoms with Gasteiger partial charge < -0.3 is 5.11 Å². The lowest BCUT2D eigenvalue weighted by molar-refractivity contribution is -0.136. The van der Waals surface area contributed by atoms with Crippen molar-refractivity contribution in [2.24, 2.45) is 0 Å². The van der Waals surface area contributed by atoms with Gasteiger partial charge in [0.05, 0.1) is 12.1 Å². The fourth-order valence-corrected chi connectivity index (χ4v) is 3.14. The zero-order valence-electron chi connectivity index (χ0n) is 8.69. The Balaban J connectivity index is 2.63. The molecule has 0 amide bonds. The summed E-state index contributed by atoms with van der Waals surface area (Å²) in [6.45, 7) is 3.83. The van der Waals surface area contributed by atoms with Crippen molar-refractivity contribution < 1.29 is 9.90 Å². The van der Waals surface area contributed by atoms with Crippen LogP contribution in [0.25, 0.3) is 0 Å². The molecule has 82 valence electrons. The van der Waals surface area contributed by atoms with Crippen LogP contribution in [0.1, 0.15) is 17.5 Å². The zero-order valence-corrected chi connectivity index (χ0v) is 10.3. The summed E-state index contributed by atoms with van der Waals surface area (Å²) in [6.07, 6.45) is 4.12. The molecule has 0 bridgehead atoms. The molecule has 1 aromatic heterocycles. The summed E-state index contributed by atoms with van der Waals surface area (Å²) >= 11 is 3.11. The number of hydrogen-bond acceptors (Lipinski definition) is 4. The summed E-state index contributed by atoms with van der Waals surface area (Å²) in [5.74, 6) is 0.0856. The number of thiazole rings is 1. The highest BCUT2D eigenvalue weighted by Crippen LogP contribution is 2.27. The van der Waals surface area contributed by atoms with Gasteiger partial charge >= 0.3 is 5.97 Å². The molecular formula is C10H13NO2S2. The molecule has 5 heteroatoms. The van der Waals surface area contributed by atoms with Crippen LogP contribution in [0.5, 0.6) is 0 Å². The van der Waals surface area contributed by atoms with E-state index in [4.69, 9.17) is 5.11 Å². The Morgan fingerprint density at radius 3 is 3.00 bits per heavy atom. The van der Waals surface area contributed by atoms with E-state index < -0.39 is 5.97 Å². The second-order valence-corrected chi connectivity index (χ2v) is 5.29. The third kappa shape index (κ3) is 4.05. The van der Waals surface area contributed by atoms with Crippen LogP contribution >= 0.6 is 23.1 Å². The molecule has 0 aromatic carbocycles. The highest BCUT2D eigenvalue weighted by molar-refractivity contribution is 8.01. The zero-order chi connectivity index (χ0) is 11.3. The Morgan fingerprint density at radius 2 is 2.40 bits per heavy atom. The van der Waals surface area contributed by atoms with Gasteiger partial charge in [0, 0.05) is 10.6 Å². The van der Waals surface area contributed by atoms with E-state index in [1.54, 1.807) is 11.8 Å². The van der Waals surface area contributed by atoms with Crippen molar-refractivity contribution >= 4 is 29.1 Å². The molecule has 1 rings (SSSR count). The third-order valence-electron chi connectivity index (χ3n) is 1.72. The molecule has 0 fully saturated rings. The lowest BCUT2D eigenvalue weighted by atomic mass is 10.3. The standard InChI is InChI=1S/C10H13NO2S2/c1-3-4-5-14-10-11-7(2)8(15-10)6-9(12)13/h3-4H,5-6H2,1-2H3,(H,12,13)/b4-3+. The van der Waals surface area contributed by atoms with Crippen molar-refractivity contribution in [1.82, 2.24) is 4.98 Å². The minimum Gasteiger partial charge on any atom is -0.481 e. The van der Waals surface area contributed by atoms with Crippen LogP contribution in [0.3, 0.4) is 0 Å². The van der Waals surface area contributed by atoms with Crippen molar-refractivity contribution in [3.8, 4) is 0 Å². The number of nitrogens with zero attached hydrogens (tertiary/aromatic N) is 1. The van der Waals surface area contributed by atoms with Crippen LogP contribution in [-0.4, -0.2) is 21.8 Å². The van der Waals surface area contributed by atoms with Crippen molar-refractivity contribution in [1.29, 1.82) is 0 Å². The van der Waals surface area contributed by atoms with Crippen molar-refractivity contribution in [3.05, 3.63) is 22.7 Å². The maximum atomic E-state index is 10.6. The maximum absolute atomic E-state index is 10.6. The van der Waals surface area contributed by atoms with Gasteiger partial charge in [0.2, 0.25) is 0 Å². The fourth-order valence-electron chi connectivity index (χ4n) is 0.980. The molecule has 1 N–H and O–H groups in total. The van der Waals surface area contributed by atoms with Crippen LogP contribution < -0.4 is 0 Å². The summed E-state index contributed by atoms with van der Waals surface area (Å²) in [7, 11) is 0. The molecular weight excluding hydrogens is 230 g/mol. The van der Waals surface area contributed by atoms with E-state index in [1.165, 1.54) is 11.3 Å². The van der Waals surface area contributed by atoms with Crippen LogP contribution in [-0.2, 0) is 11.2 Å². The smallest absolute Gasteiger partial charge is 0.308 e. The lowest BCUT2D eigenvalue weighted by Crippen LogP contribution is -1.99. The van der Waals surface area contributed by atoms with E-state index in [0.717, 1.165) is 20.7 Å². The first kappa shape index (κ1) is 12.3. The van der Waals surface area contributed by atoms with E-state index in [2.05, 4.69) is 11.1 Å². The molecule has 0 radical (unpaired) electrons. The fraction of sp³-hybridized carbons (Fsp3) is 0.400. The number of aromatic nitrogens is 1. The Labute approximate surface area is 97.2 Å². The van der Waals surface area contributed by atoms with E-state index in [9.17, 15) is 4.79 Å². The summed E-state index contributed by atoms with van der Waals surface area (Å²) in [5, 5.41) is 8.68. The average Bonchev–Trinajstić information content (AvgIpc) is 2.47. The number of carboxylic acids is 1. The molecule has 0 saturated heterocycles. The molecule has 1 aromatic rings. The number of rotatable bonds is 5. The minimum absolute atomic E-state index is 0.0771. The molecule has 0 atom stereocenters. The van der Waals surface area contributed by atoms with E-state index >= 15 is 0 Å². The van der Waals surface area contributed by atoms with Crippen LogP contribution in [0, 0.1) is 6.92 Å². The molecule has 1 heterocycles. The Kier molecular flexibility index (Phi) is 4.84. The predicted molar refractivity (Wildman–Crippen MR) is 63.7 cm³/mol. The number of aryl methyl sites for hydroxylation is 1. The number of thioether (sulfide) groups is 1. The molecule has 0 spiro atoms. The Hall–Kier alpha value is -0.810. The van der Waals surface area contributed by atoms with E-state index in [0.29, 0.717) is 0 Å². The number of allylic oxidation sites excluding steroid dienone is 1. The Bertz CT molecular complexity index is 371. The van der Waals surface area contributed by atoms with Gasteiger partial charge in [0.1, 0.15) is 0 Å². The van der Waals surface area contributed by atoms with Gasteiger partial charge in [-0.1, -0.05) is 23.9 Å². The first-order valence-electron chi connectivity index (χ1n) is 4.55. The topological polar surface area (TPSA) is 50.2 Å². The number of carboxylic acid groups (broad SMARTS) is 1. The summed E-state index contributed by atoms with van der Waals surface area (Å²) < 4.78 is 0.946. The summed E-state index contributed by atoms with van der Waals surface area (Å²) in [4.78, 5) is 15.7. The normalized spacial score (nSPS) is 11.1. The van der Waals surface area contributed by atoms with Gasteiger partial charge in [0.25, 0.3) is 0 Å². The highest BCUT2D eigenvalue weighted by atomic mass is 32.2. The maximum Gasteiger partial charge on any atom is 0.308 e. The van der Waals surface area contributed by atoms with Crippen molar-refractivity contribution in [2.45, 2.75) is 24.6 Å². The lowest BCUT2D eigenvalue weighted by Gasteiger charge is -1.89. The molecule has 15 heavy (non-hydrogen) atoms. The monoisotopic (exact) mass is 243 g/mol. The first-order chi connectivity index (χ1) is 7.13. The second kappa shape index (κ2) is 5.92. The van der Waals surface area contributed by atoms with E-state index in [-0.39, 0.29) is 6.42 Å². The van der Waals surface area contributed by atoms with Gasteiger partial charge in [-0.05, 0) is 13.8 Å². The summed E-state index contributed by atoms with van der Waals surface area (Å²) in [5.41, 5.74) is 0.838. The van der Waals surface area contributed by atoms with Crippen molar-refractivity contribution in [3.63, 3.8) is 0 Å². The quantitative estimate of drug-likeness (QED) is 0.638. The number of aliphatic carboxylic acids is 1. The molecule has 0 aliphatic carbocycles. The highest BCUT2D eigenvalue weighted by Gasteiger charge is 2.10. The SMILES string of the molecule is C/C=C/CSc1nc(C)c(CC(=O)O)s1. The first-order valence-corrected chi connectivity index (χ1v) is 6.35. The number of hydrogen-bond donors (Lipinski definition) is 1. The third-order valence-corrected chi connectivity index (χ3v) is 3.98. The van der Waals surface area contributed by atoms with Gasteiger partial charge in [-0.2, -0.15) is 0 Å². The molecule has 3 nitrogen and oxygen atoms in total. The predicted octanol–water partition coefficient (Wildman–Crippen LogP) is 2.75. The molecule has 0 unspecified atom stereocenters. The molecule has 0 saturated carbocycles. The van der Waals surface area contributed by atoms with Gasteiger partial charge in [0.15, 0.2) is 4.34 Å². The molecule has 0 aliphatic heterocycles. The second-order valence-electron chi connectivity index (χ2n) is 2.94. The van der Waals surface area contributed by atoms with Gasteiger partial charge in [-0.3, -0.25) is 4.79 Å².